The van der Waals surface area contributed by atoms with Gasteiger partial charge in [-0.25, -0.2) is 0 Å². The van der Waals surface area contributed by atoms with E-state index in [1.807, 2.05) is 6.07 Å². The first kappa shape index (κ1) is 11.7. The minimum Gasteiger partial charge on any atom is -0.382 e. The fourth-order valence-electron chi connectivity index (χ4n) is 2.13. The Hall–Kier alpha value is -1.77. The molecule has 0 saturated carbocycles. The molecule has 0 radical (unpaired) electrons. The van der Waals surface area contributed by atoms with E-state index < -0.39 is 0 Å². The van der Waals surface area contributed by atoms with E-state index in [1.165, 1.54) is 16.8 Å². The number of aromatic amines is 1. The zero-order chi connectivity index (χ0) is 12.1. The fourth-order valence-corrected chi connectivity index (χ4v) is 2.13. The summed E-state index contributed by atoms with van der Waals surface area (Å²) in [6.07, 6.45) is 4.19. The normalized spacial score (nSPS) is 10.6. The number of nitrogens with one attached hydrogen (secondary N) is 1. The molecular weight excluding hydrogens is 210 g/mol. The van der Waals surface area contributed by atoms with E-state index in [2.05, 4.69) is 41.4 Å². The Labute approximate surface area is 102 Å². The SMILES string of the molecule is CCc1c(N)n[nH]c1CCCc1ccccc1. The van der Waals surface area contributed by atoms with Crippen molar-refractivity contribution in [1.82, 2.24) is 10.2 Å². The molecule has 0 fully saturated rings. The number of nitrogens with zero attached hydrogens (tertiary/aromatic N) is 1. The van der Waals surface area contributed by atoms with Crippen molar-refractivity contribution >= 4 is 5.82 Å². The van der Waals surface area contributed by atoms with Crippen molar-refractivity contribution in [3.8, 4) is 0 Å². The highest BCUT2D eigenvalue weighted by atomic mass is 15.2. The van der Waals surface area contributed by atoms with Gasteiger partial charge in [-0.05, 0) is 31.2 Å². The molecule has 0 aliphatic rings. The lowest BCUT2D eigenvalue weighted by atomic mass is 10.0. The second-order valence-electron chi connectivity index (χ2n) is 4.26. The zero-order valence-corrected chi connectivity index (χ0v) is 10.2. The summed E-state index contributed by atoms with van der Waals surface area (Å²) < 4.78 is 0. The number of aromatic nitrogens is 2. The lowest BCUT2D eigenvalue weighted by Crippen LogP contribution is -1.95. The van der Waals surface area contributed by atoms with Gasteiger partial charge in [0, 0.05) is 11.3 Å². The summed E-state index contributed by atoms with van der Waals surface area (Å²) in [5.41, 5.74) is 9.55. The van der Waals surface area contributed by atoms with Crippen molar-refractivity contribution in [2.45, 2.75) is 32.6 Å². The first-order valence-corrected chi connectivity index (χ1v) is 6.16. The third kappa shape index (κ3) is 2.87. The first-order chi connectivity index (χ1) is 8.31. The fraction of sp³-hybridized carbons (Fsp3) is 0.357. The van der Waals surface area contributed by atoms with Crippen LogP contribution in [0.4, 0.5) is 5.82 Å². The van der Waals surface area contributed by atoms with E-state index in [9.17, 15) is 0 Å². The number of nitrogen functional groups attached to an aromatic ring is 1. The van der Waals surface area contributed by atoms with Crippen LogP contribution in [0.2, 0.25) is 0 Å². The Kier molecular flexibility index (Phi) is 3.81. The van der Waals surface area contributed by atoms with Gasteiger partial charge in [0.1, 0.15) is 5.82 Å². The summed E-state index contributed by atoms with van der Waals surface area (Å²) in [7, 11) is 0. The third-order valence-corrected chi connectivity index (χ3v) is 3.07. The van der Waals surface area contributed by atoms with Gasteiger partial charge in [-0.1, -0.05) is 37.3 Å². The summed E-state index contributed by atoms with van der Waals surface area (Å²) >= 11 is 0. The van der Waals surface area contributed by atoms with Crippen molar-refractivity contribution in [1.29, 1.82) is 0 Å². The molecule has 3 nitrogen and oxygen atoms in total. The molecule has 0 aliphatic carbocycles. The topological polar surface area (TPSA) is 54.7 Å². The van der Waals surface area contributed by atoms with Gasteiger partial charge in [-0.2, -0.15) is 5.10 Å². The van der Waals surface area contributed by atoms with Gasteiger partial charge in [0.05, 0.1) is 0 Å². The number of anilines is 1. The first-order valence-electron chi connectivity index (χ1n) is 6.16. The van der Waals surface area contributed by atoms with Gasteiger partial charge < -0.3 is 5.73 Å². The van der Waals surface area contributed by atoms with Crippen molar-refractivity contribution in [3.63, 3.8) is 0 Å². The smallest absolute Gasteiger partial charge is 0.148 e. The van der Waals surface area contributed by atoms with Gasteiger partial charge in [-0.15, -0.1) is 0 Å². The second kappa shape index (κ2) is 5.53. The molecule has 1 aromatic heterocycles. The molecule has 3 heteroatoms. The Balaban J connectivity index is 1.90. The standard InChI is InChI=1S/C14H19N3/c1-2-12-13(16-17-14(12)15)10-6-9-11-7-4-3-5-8-11/h3-5,7-8H,2,6,9-10H2,1H3,(H3,15,16,17). The summed E-state index contributed by atoms with van der Waals surface area (Å²) in [6, 6.07) is 10.6. The van der Waals surface area contributed by atoms with Crippen LogP contribution in [-0.4, -0.2) is 10.2 Å². The molecule has 0 saturated heterocycles. The molecule has 2 rings (SSSR count). The summed E-state index contributed by atoms with van der Waals surface area (Å²) in [5, 5.41) is 7.10. The minimum absolute atomic E-state index is 0.655. The number of nitrogens with two attached hydrogens (primary N) is 1. The van der Waals surface area contributed by atoms with E-state index in [0.29, 0.717) is 5.82 Å². The zero-order valence-electron chi connectivity index (χ0n) is 10.2. The largest absolute Gasteiger partial charge is 0.382 e. The highest BCUT2D eigenvalue weighted by Gasteiger charge is 2.07. The van der Waals surface area contributed by atoms with Gasteiger partial charge in [-0.3, -0.25) is 5.10 Å². The van der Waals surface area contributed by atoms with Crippen LogP contribution in [0.15, 0.2) is 30.3 Å². The van der Waals surface area contributed by atoms with E-state index in [1.54, 1.807) is 0 Å². The van der Waals surface area contributed by atoms with Gasteiger partial charge in [0.15, 0.2) is 0 Å². The lowest BCUT2D eigenvalue weighted by molar-refractivity contribution is 0.785. The molecule has 1 aromatic carbocycles. The van der Waals surface area contributed by atoms with Crippen LogP contribution >= 0.6 is 0 Å². The number of H-pyrrole nitrogens is 1. The number of hydrogen-bond acceptors (Lipinski definition) is 2. The van der Waals surface area contributed by atoms with E-state index in [0.717, 1.165) is 25.7 Å². The molecule has 17 heavy (non-hydrogen) atoms. The Morgan fingerprint density at radius 2 is 1.94 bits per heavy atom. The highest BCUT2D eigenvalue weighted by Crippen LogP contribution is 2.16. The number of benzene rings is 1. The van der Waals surface area contributed by atoms with Crippen LogP contribution in [0.1, 0.15) is 30.2 Å². The van der Waals surface area contributed by atoms with Gasteiger partial charge in [0.2, 0.25) is 0 Å². The van der Waals surface area contributed by atoms with E-state index in [-0.39, 0.29) is 0 Å². The van der Waals surface area contributed by atoms with Crippen LogP contribution in [0.5, 0.6) is 0 Å². The minimum atomic E-state index is 0.655. The van der Waals surface area contributed by atoms with Crippen LogP contribution in [-0.2, 0) is 19.3 Å². The van der Waals surface area contributed by atoms with Crippen LogP contribution in [0, 0.1) is 0 Å². The van der Waals surface area contributed by atoms with Gasteiger partial charge in [0.25, 0.3) is 0 Å². The summed E-state index contributed by atoms with van der Waals surface area (Å²) in [5.74, 6) is 0.655. The average Bonchev–Trinajstić information content (AvgIpc) is 2.71. The van der Waals surface area contributed by atoms with Crippen molar-refractivity contribution in [2.75, 3.05) is 5.73 Å². The van der Waals surface area contributed by atoms with E-state index >= 15 is 0 Å². The van der Waals surface area contributed by atoms with Crippen molar-refractivity contribution < 1.29 is 0 Å². The molecular formula is C14H19N3. The third-order valence-electron chi connectivity index (χ3n) is 3.07. The monoisotopic (exact) mass is 229 g/mol. The maximum absolute atomic E-state index is 5.79. The number of aryl methyl sites for hydroxylation is 2. The second-order valence-corrected chi connectivity index (χ2v) is 4.26. The Morgan fingerprint density at radius 3 is 2.65 bits per heavy atom. The maximum Gasteiger partial charge on any atom is 0.148 e. The molecule has 0 unspecified atom stereocenters. The average molecular weight is 229 g/mol. The molecule has 0 bridgehead atoms. The molecule has 0 aliphatic heterocycles. The highest BCUT2D eigenvalue weighted by molar-refractivity contribution is 5.41. The van der Waals surface area contributed by atoms with Gasteiger partial charge >= 0.3 is 0 Å². The number of hydrogen-bond donors (Lipinski definition) is 2. The summed E-state index contributed by atoms with van der Waals surface area (Å²) in [6.45, 7) is 2.11. The molecule has 2 aromatic rings. The molecule has 0 atom stereocenters. The Bertz CT molecular complexity index is 460. The quantitative estimate of drug-likeness (QED) is 0.828. The predicted molar refractivity (Wildman–Crippen MR) is 70.8 cm³/mol. The predicted octanol–water partition coefficient (Wildman–Crippen LogP) is 2.73. The molecule has 0 spiro atoms. The molecule has 3 N–H and O–H groups in total. The van der Waals surface area contributed by atoms with Crippen molar-refractivity contribution in [3.05, 3.63) is 47.2 Å². The van der Waals surface area contributed by atoms with Crippen LogP contribution in [0.3, 0.4) is 0 Å². The van der Waals surface area contributed by atoms with Crippen LogP contribution in [0.25, 0.3) is 0 Å². The lowest BCUT2D eigenvalue weighted by Gasteiger charge is -2.02. The van der Waals surface area contributed by atoms with Crippen LogP contribution < -0.4 is 5.73 Å². The summed E-state index contributed by atoms with van der Waals surface area (Å²) in [4.78, 5) is 0. The maximum atomic E-state index is 5.79. The Morgan fingerprint density at radius 1 is 1.18 bits per heavy atom. The molecule has 0 amide bonds. The molecule has 1 heterocycles. The van der Waals surface area contributed by atoms with E-state index in [4.69, 9.17) is 5.73 Å². The number of rotatable bonds is 5. The molecule has 90 valence electrons. The van der Waals surface area contributed by atoms with Crippen molar-refractivity contribution in [2.24, 2.45) is 0 Å².